The van der Waals surface area contributed by atoms with Crippen LogP contribution in [-0.2, 0) is 0 Å². The van der Waals surface area contributed by atoms with Crippen molar-refractivity contribution in [2.75, 3.05) is 19.6 Å². The zero-order valence-electron chi connectivity index (χ0n) is 54.6. The second-order valence-corrected chi connectivity index (χ2v) is 25.2. The average molecular weight is 1280 g/mol. The van der Waals surface area contributed by atoms with Gasteiger partial charge in [-0.3, -0.25) is 0 Å². The van der Waals surface area contributed by atoms with Crippen molar-refractivity contribution in [3.63, 3.8) is 0 Å². The van der Waals surface area contributed by atoms with Gasteiger partial charge in [-0.15, -0.1) is 0 Å². The number of nitrogens with zero attached hydrogens (tertiary/aromatic N) is 4. The third-order valence-electron chi connectivity index (χ3n) is 19.2. The lowest BCUT2D eigenvalue weighted by Crippen LogP contribution is -2.10. The highest BCUT2D eigenvalue weighted by molar-refractivity contribution is 6.19. The Bertz CT molecular complexity index is 5670. The van der Waals surface area contributed by atoms with Crippen LogP contribution < -0.4 is 29.1 Å². The monoisotopic (exact) mass is 1280 g/mol. The molecule has 0 aliphatic carbocycles. The van der Waals surface area contributed by atoms with E-state index in [4.69, 9.17) is 9.47 Å². The standard InChI is InChI=1S/C50H34N2O.C44H30N2O/c1-5-14-38(15-6-1)51(39-16-7-2-8-17-39)42-28-24-35(25-29-42)36-27-31-44-47-32-37-26-30-43(52(40-18-9-3-10-19-40)41-20-11-4-12-21-41)34-46(37)45-22-13-23-48(50(45)47)53-49(44)33-36;1-5-14-32(15-6-1)45(33-16-7-2-8-17-33)36-25-24-31-28-41-38-27-26-37(46(34-18-9-3-10-19-34)35-20-11-4-12-21-35)30-43(38)47-42-23-13-22-39(44(41)42)40(31)29-36/h1-34H;1-30H. The Hall–Kier alpha value is -13.4. The van der Waals surface area contributed by atoms with Crippen LogP contribution in [0.2, 0.25) is 0 Å². The number of hydrogen-bond acceptors (Lipinski definition) is 6. The van der Waals surface area contributed by atoms with Crippen LogP contribution >= 0.6 is 0 Å². The van der Waals surface area contributed by atoms with Crippen molar-refractivity contribution >= 4 is 111 Å². The summed E-state index contributed by atoms with van der Waals surface area (Å²) in [5, 5.41) is 9.45. The first kappa shape index (κ1) is 59.1. The highest BCUT2D eigenvalue weighted by Gasteiger charge is 2.27. The van der Waals surface area contributed by atoms with Crippen molar-refractivity contribution in [3.05, 3.63) is 388 Å². The molecule has 0 aromatic heterocycles. The zero-order chi connectivity index (χ0) is 66.3. The Kier molecular flexibility index (Phi) is 15.1. The number of benzene rings is 17. The van der Waals surface area contributed by atoms with Gasteiger partial charge < -0.3 is 29.1 Å². The Balaban J connectivity index is 0.000000145. The summed E-state index contributed by atoms with van der Waals surface area (Å²) in [6.45, 7) is 0. The van der Waals surface area contributed by atoms with E-state index in [1.54, 1.807) is 0 Å². The molecular formula is C94H64N4O2. The van der Waals surface area contributed by atoms with E-state index in [2.05, 4.69) is 396 Å². The summed E-state index contributed by atoms with van der Waals surface area (Å²) in [6, 6.07) is 137. The van der Waals surface area contributed by atoms with E-state index in [0.29, 0.717) is 0 Å². The van der Waals surface area contributed by atoms with E-state index in [-0.39, 0.29) is 0 Å². The molecule has 0 saturated heterocycles. The molecule has 0 saturated carbocycles. The van der Waals surface area contributed by atoms with Gasteiger partial charge in [0.15, 0.2) is 0 Å². The minimum Gasteiger partial charge on any atom is -0.456 e. The lowest BCUT2D eigenvalue weighted by atomic mass is 9.89. The third kappa shape index (κ3) is 10.9. The number of para-hydroxylation sites is 8. The van der Waals surface area contributed by atoms with Crippen LogP contribution in [0, 0.1) is 0 Å². The van der Waals surface area contributed by atoms with E-state index < -0.39 is 0 Å². The summed E-state index contributed by atoms with van der Waals surface area (Å²) < 4.78 is 13.5. The van der Waals surface area contributed by atoms with Gasteiger partial charge in [0.1, 0.15) is 23.0 Å². The highest BCUT2D eigenvalue weighted by atomic mass is 16.5. The van der Waals surface area contributed by atoms with E-state index in [0.717, 1.165) is 124 Å². The molecule has 0 N–H and O–H groups in total. The van der Waals surface area contributed by atoms with Gasteiger partial charge >= 0.3 is 0 Å². The van der Waals surface area contributed by atoms with Crippen LogP contribution in [-0.4, -0.2) is 0 Å². The number of ether oxygens (including phenoxy) is 2. The summed E-state index contributed by atoms with van der Waals surface area (Å²) in [6.07, 6.45) is 0. The van der Waals surface area contributed by atoms with Gasteiger partial charge in [0, 0.05) is 96.2 Å². The van der Waals surface area contributed by atoms with Crippen LogP contribution in [0.15, 0.2) is 388 Å². The van der Waals surface area contributed by atoms with Gasteiger partial charge in [0.05, 0.1) is 0 Å². The molecule has 100 heavy (non-hydrogen) atoms. The van der Waals surface area contributed by atoms with Crippen LogP contribution in [0.3, 0.4) is 0 Å². The van der Waals surface area contributed by atoms with E-state index in [1.165, 1.54) is 43.4 Å². The molecule has 0 atom stereocenters. The normalized spacial score (nSPS) is 11.6. The molecule has 0 amide bonds. The largest absolute Gasteiger partial charge is 0.456 e. The highest BCUT2D eigenvalue weighted by Crippen LogP contribution is 2.53. The molecule has 6 heteroatoms. The van der Waals surface area contributed by atoms with Crippen molar-refractivity contribution in [3.8, 4) is 56.4 Å². The van der Waals surface area contributed by atoms with Gasteiger partial charge in [0.25, 0.3) is 0 Å². The molecule has 472 valence electrons. The lowest BCUT2D eigenvalue weighted by molar-refractivity contribution is 0.487. The molecule has 2 aliphatic heterocycles. The molecular weight excluding hydrogens is 1220 g/mol. The minimum atomic E-state index is 0.856. The van der Waals surface area contributed by atoms with Crippen LogP contribution in [0.1, 0.15) is 0 Å². The van der Waals surface area contributed by atoms with Crippen molar-refractivity contribution in [1.82, 2.24) is 0 Å². The van der Waals surface area contributed by atoms with Crippen LogP contribution in [0.4, 0.5) is 68.2 Å². The SMILES string of the molecule is c1ccc(N(c2ccccc2)c2ccc(-c3ccc4c(c3)Oc3cccc5c3c-4cc3ccc(N(c4ccccc4)c4ccccc4)cc35)cc2)cc1.c1ccc(N(c2ccccc2)c2ccc3c(c2)Oc2cccc4c2c-3cc2ccc(N(c3ccccc3)c3ccccc3)cc24)cc1. The molecule has 2 heterocycles. The van der Waals surface area contributed by atoms with Gasteiger partial charge in [-0.25, -0.2) is 0 Å². The Labute approximate surface area is 581 Å². The Morgan fingerprint density at radius 1 is 0.160 bits per heavy atom. The van der Waals surface area contributed by atoms with Gasteiger partial charge in [-0.1, -0.05) is 200 Å². The molecule has 19 rings (SSSR count). The first-order valence-corrected chi connectivity index (χ1v) is 34.0. The molecule has 0 spiro atoms. The molecule has 17 aromatic rings. The Morgan fingerprint density at radius 2 is 0.440 bits per heavy atom. The van der Waals surface area contributed by atoms with Crippen molar-refractivity contribution in [2.24, 2.45) is 0 Å². The van der Waals surface area contributed by atoms with Gasteiger partial charge in [-0.05, 0) is 237 Å². The molecule has 0 radical (unpaired) electrons. The fourth-order valence-electron chi connectivity index (χ4n) is 14.6. The fourth-order valence-corrected chi connectivity index (χ4v) is 14.6. The van der Waals surface area contributed by atoms with Crippen molar-refractivity contribution in [2.45, 2.75) is 0 Å². The van der Waals surface area contributed by atoms with E-state index >= 15 is 0 Å². The molecule has 6 nitrogen and oxygen atoms in total. The maximum atomic E-state index is 6.74. The summed E-state index contributed by atoms with van der Waals surface area (Å²) >= 11 is 0. The summed E-state index contributed by atoms with van der Waals surface area (Å²) in [5.41, 5.74) is 20.1. The predicted molar refractivity (Wildman–Crippen MR) is 418 cm³/mol. The number of rotatable bonds is 13. The van der Waals surface area contributed by atoms with E-state index in [1.807, 2.05) is 12.1 Å². The van der Waals surface area contributed by atoms with E-state index in [9.17, 15) is 0 Å². The summed E-state index contributed by atoms with van der Waals surface area (Å²) in [5.74, 6) is 3.49. The zero-order valence-corrected chi connectivity index (χ0v) is 54.6. The van der Waals surface area contributed by atoms with Crippen LogP contribution in [0.5, 0.6) is 23.0 Å². The molecule has 0 unspecified atom stereocenters. The van der Waals surface area contributed by atoms with Gasteiger partial charge in [-0.2, -0.15) is 0 Å². The lowest BCUT2D eigenvalue weighted by Gasteiger charge is -2.28. The summed E-state index contributed by atoms with van der Waals surface area (Å²) in [4.78, 5) is 9.18. The second kappa shape index (κ2) is 25.6. The minimum absolute atomic E-state index is 0.856. The smallest absolute Gasteiger partial charge is 0.137 e. The first-order chi connectivity index (χ1) is 49.6. The average Bonchev–Trinajstić information content (AvgIpc) is 0.731. The molecule has 2 aliphatic rings. The number of fused-ring (bicyclic) bond motifs is 8. The van der Waals surface area contributed by atoms with Crippen LogP contribution in [0.25, 0.3) is 76.5 Å². The Morgan fingerprint density at radius 3 is 0.800 bits per heavy atom. The summed E-state index contributed by atoms with van der Waals surface area (Å²) in [7, 11) is 0. The topological polar surface area (TPSA) is 31.4 Å². The number of hydrogen-bond donors (Lipinski definition) is 0. The fraction of sp³-hybridized carbons (Fsp3) is 0. The first-order valence-electron chi connectivity index (χ1n) is 34.0. The van der Waals surface area contributed by atoms with Crippen molar-refractivity contribution < 1.29 is 9.47 Å². The second-order valence-electron chi connectivity index (χ2n) is 25.2. The van der Waals surface area contributed by atoms with Gasteiger partial charge in [0.2, 0.25) is 0 Å². The third-order valence-corrected chi connectivity index (χ3v) is 19.2. The predicted octanol–water partition coefficient (Wildman–Crippen LogP) is 27.1. The van der Waals surface area contributed by atoms with Crippen molar-refractivity contribution in [1.29, 1.82) is 0 Å². The number of anilines is 12. The molecule has 0 fully saturated rings. The maximum Gasteiger partial charge on any atom is 0.137 e. The molecule has 17 aromatic carbocycles. The maximum absolute atomic E-state index is 6.74. The molecule has 0 bridgehead atoms. The quantitative estimate of drug-likeness (QED) is 0.107.